The Morgan fingerprint density at radius 1 is 1.13 bits per heavy atom. The minimum absolute atomic E-state index is 0.0587. The Bertz CT molecular complexity index is 1710. The van der Waals surface area contributed by atoms with Crippen LogP contribution in [0.1, 0.15) is 54.9 Å². The molecule has 6 rings (SSSR count). The highest BCUT2D eigenvalue weighted by Gasteiger charge is 2.30. The predicted molar refractivity (Wildman–Crippen MR) is 151 cm³/mol. The van der Waals surface area contributed by atoms with Gasteiger partial charge < -0.3 is 9.58 Å². The van der Waals surface area contributed by atoms with Gasteiger partial charge in [-0.15, -0.1) is 0 Å². The first kappa shape index (κ1) is 24.8. The van der Waals surface area contributed by atoms with E-state index in [1.54, 1.807) is 24.1 Å². The van der Waals surface area contributed by atoms with Gasteiger partial charge in [0, 0.05) is 23.3 Å². The number of benzene rings is 2. The fourth-order valence-corrected chi connectivity index (χ4v) is 5.88. The first-order valence-electron chi connectivity index (χ1n) is 13.4. The van der Waals surface area contributed by atoms with Gasteiger partial charge in [-0.2, -0.15) is 5.10 Å². The fraction of sp³-hybridized carbons (Fsp3) is 0.323. The van der Waals surface area contributed by atoms with E-state index in [1.165, 1.54) is 19.2 Å². The number of nitrogens with zero attached hydrogens (tertiary/aromatic N) is 6. The van der Waals surface area contributed by atoms with Crippen LogP contribution in [0.15, 0.2) is 67.4 Å². The molecule has 0 spiro atoms. The van der Waals surface area contributed by atoms with Gasteiger partial charge in [0.1, 0.15) is 18.1 Å². The average molecular weight is 519 g/mol. The molecule has 5 aromatic rings. The summed E-state index contributed by atoms with van der Waals surface area (Å²) < 4.78 is 8.89. The SMILES string of the molecule is [C-]#[N+]C[C@H](C1CCCC1)n1cc(-c2ncnc3c2ccn3C(=O)[C@@H](C)c2ccc3cc(OC)ccc3c2)cn1. The number of aromatic nitrogens is 5. The molecule has 1 fully saturated rings. The van der Waals surface area contributed by atoms with Crippen molar-refractivity contribution in [1.82, 2.24) is 24.3 Å². The van der Waals surface area contributed by atoms with Crippen LogP contribution in [-0.4, -0.2) is 43.9 Å². The molecule has 0 saturated heterocycles. The highest BCUT2D eigenvalue weighted by molar-refractivity contribution is 5.99. The normalized spacial score (nSPS) is 15.4. The van der Waals surface area contributed by atoms with Crippen molar-refractivity contribution in [1.29, 1.82) is 0 Å². The molecule has 39 heavy (non-hydrogen) atoms. The molecule has 1 aliphatic carbocycles. The molecule has 2 atom stereocenters. The second kappa shape index (κ2) is 10.3. The van der Waals surface area contributed by atoms with E-state index in [0.717, 1.165) is 51.6 Å². The van der Waals surface area contributed by atoms with E-state index in [1.807, 2.05) is 54.2 Å². The van der Waals surface area contributed by atoms with Gasteiger partial charge >= 0.3 is 0 Å². The maximum absolute atomic E-state index is 13.7. The Labute approximate surface area is 227 Å². The van der Waals surface area contributed by atoms with Gasteiger partial charge in [-0.05, 0) is 60.2 Å². The standard InChI is InChI=1S/C31H30N6O2/c1-20(22-8-9-24-15-26(39-3)11-10-23(24)14-22)31(38)36-13-12-27-29(33-19-34-30(27)36)25-16-35-37(18-25)28(17-32-2)21-6-4-5-7-21/h8-16,18-21,28H,4-7,17H2,1,3H3/t20-,28+/m0/s1. The summed E-state index contributed by atoms with van der Waals surface area (Å²) in [6, 6.07) is 14.0. The zero-order chi connectivity index (χ0) is 26.9. The van der Waals surface area contributed by atoms with Crippen LogP contribution in [0.4, 0.5) is 0 Å². The zero-order valence-electron chi connectivity index (χ0n) is 22.1. The molecule has 2 aromatic carbocycles. The van der Waals surface area contributed by atoms with Gasteiger partial charge in [0.25, 0.3) is 0 Å². The maximum Gasteiger partial charge on any atom is 0.239 e. The Morgan fingerprint density at radius 3 is 2.72 bits per heavy atom. The lowest BCUT2D eigenvalue weighted by Gasteiger charge is -2.18. The van der Waals surface area contributed by atoms with Gasteiger partial charge in [-0.3, -0.25) is 14.0 Å². The lowest BCUT2D eigenvalue weighted by molar-refractivity contribution is 0.0889. The second-order valence-corrected chi connectivity index (χ2v) is 10.3. The van der Waals surface area contributed by atoms with E-state index in [2.05, 4.69) is 26.0 Å². The van der Waals surface area contributed by atoms with E-state index in [0.29, 0.717) is 18.1 Å². The summed E-state index contributed by atoms with van der Waals surface area (Å²) in [5.74, 6) is 0.861. The monoisotopic (exact) mass is 518 g/mol. The summed E-state index contributed by atoms with van der Waals surface area (Å²) in [5, 5.41) is 7.56. The third kappa shape index (κ3) is 4.54. The van der Waals surface area contributed by atoms with Crippen molar-refractivity contribution in [2.75, 3.05) is 13.7 Å². The molecule has 8 nitrogen and oxygen atoms in total. The highest BCUT2D eigenvalue weighted by Crippen LogP contribution is 2.36. The van der Waals surface area contributed by atoms with Crippen molar-refractivity contribution in [2.24, 2.45) is 5.92 Å². The third-order valence-electron chi connectivity index (χ3n) is 8.10. The van der Waals surface area contributed by atoms with Gasteiger partial charge in [0.2, 0.25) is 12.5 Å². The van der Waals surface area contributed by atoms with Crippen LogP contribution < -0.4 is 4.74 Å². The Hall–Kier alpha value is -4.51. The molecule has 0 unspecified atom stereocenters. The van der Waals surface area contributed by atoms with Crippen molar-refractivity contribution in [2.45, 2.75) is 44.6 Å². The van der Waals surface area contributed by atoms with Crippen LogP contribution in [-0.2, 0) is 0 Å². The molecule has 196 valence electrons. The van der Waals surface area contributed by atoms with Crippen LogP contribution in [0.25, 0.3) is 37.9 Å². The molecule has 0 aliphatic heterocycles. The van der Waals surface area contributed by atoms with Gasteiger partial charge in [0.05, 0.1) is 24.9 Å². The molecule has 1 saturated carbocycles. The predicted octanol–water partition coefficient (Wildman–Crippen LogP) is 6.55. The quantitative estimate of drug-likeness (QED) is 0.228. The van der Waals surface area contributed by atoms with E-state index in [4.69, 9.17) is 11.3 Å². The van der Waals surface area contributed by atoms with Crippen LogP contribution in [0.5, 0.6) is 5.75 Å². The highest BCUT2D eigenvalue weighted by atomic mass is 16.5. The lowest BCUT2D eigenvalue weighted by atomic mass is 9.97. The maximum atomic E-state index is 13.7. The molecular formula is C31H30N6O2. The summed E-state index contributed by atoms with van der Waals surface area (Å²) in [5.41, 5.74) is 3.10. The number of ether oxygens (including phenoxy) is 1. The molecule has 3 heterocycles. The molecular weight excluding hydrogens is 488 g/mol. The Balaban J connectivity index is 1.30. The minimum Gasteiger partial charge on any atom is -0.497 e. The minimum atomic E-state index is -0.367. The first-order valence-corrected chi connectivity index (χ1v) is 13.4. The number of hydrogen-bond acceptors (Lipinski definition) is 5. The first-order chi connectivity index (χ1) is 19.1. The zero-order valence-corrected chi connectivity index (χ0v) is 22.1. The summed E-state index contributed by atoms with van der Waals surface area (Å²) in [6.07, 6.45) is 11.8. The molecule has 3 aromatic heterocycles. The van der Waals surface area contributed by atoms with Gasteiger partial charge in [-0.25, -0.2) is 16.5 Å². The summed E-state index contributed by atoms with van der Waals surface area (Å²) >= 11 is 0. The van der Waals surface area contributed by atoms with Crippen molar-refractivity contribution in [3.05, 3.63) is 84.4 Å². The molecule has 0 radical (unpaired) electrons. The number of carbonyl (C=O) groups excluding carboxylic acids is 1. The number of carbonyl (C=O) groups is 1. The summed E-state index contributed by atoms with van der Waals surface area (Å²) in [7, 11) is 1.65. The molecule has 0 N–H and O–H groups in total. The second-order valence-electron chi connectivity index (χ2n) is 10.3. The van der Waals surface area contributed by atoms with Crippen molar-refractivity contribution < 1.29 is 9.53 Å². The van der Waals surface area contributed by atoms with Crippen LogP contribution in [0.2, 0.25) is 0 Å². The van der Waals surface area contributed by atoms with Gasteiger partial charge in [-0.1, -0.05) is 37.1 Å². The third-order valence-corrected chi connectivity index (χ3v) is 8.10. The lowest BCUT2D eigenvalue weighted by Crippen LogP contribution is -2.20. The largest absolute Gasteiger partial charge is 0.497 e. The Morgan fingerprint density at radius 2 is 1.92 bits per heavy atom. The van der Waals surface area contributed by atoms with Crippen molar-refractivity contribution >= 4 is 27.7 Å². The summed E-state index contributed by atoms with van der Waals surface area (Å²) in [6.45, 7) is 9.79. The van der Waals surface area contributed by atoms with Crippen LogP contribution >= 0.6 is 0 Å². The topological polar surface area (TPSA) is 79.2 Å². The van der Waals surface area contributed by atoms with E-state index >= 15 is 0 Å². The fourth-order valence-electron chi connectivity index (χ4n) is 5.88. The number of fused-ring (bicyclic) bond motifs is 2. The number of methoxy groups -OCH3 is 1. The van der Waals surface area contributed by atoms with Crippen molar-refractivity contribution in [3.8, 4) is 17.0 Å². The summed E-state index contributed by atoms with van der Waals surface area (Å²) in [4.78, 5) is 26.4. The molecule has 0 bridgehead atoms. The van der Waals surface area contributed by atoms with E-state index < -0.39 is 0 Å². The smallest absolute Gasteiger partial charge is 0.239 e. The molecule has 1 aliphatic rings. The van der Waals surface area contributed by atoms with Crippen molar-refractivity contribution in [3.63, 3.8) is 0 Å². The molecule has 0 amide bonds. The van der Waals surface area contributed by atoms with E-state index in [9.17, 15) is 4.79 Å². The molecule has 8 heteroatoms. The number of rotatable bonds is 7. The number of hydrogen-bond donors (Lipinski definition) is 0. The average Bonchev–Trinajstić information content (AvgIpc) is 3.76. The van der Waals surface area contributed by atoms with Crippen LogP contribution in [0.3, 0.4) is 0 Å². The van der Waals surface area contributed by atoms with E-state index in [-0.39, 0.29) is 17.9 Å². The van der Waals surface area contributed by atoms with Crippen LogP contribution in [0, 0.1) is 12.5 Å². The van der Waals surface area contributed by atoms with Gasteiger partial charge in [0.15, 0.2) is 5.65 Å². The Kier molecular flexibility index (Phi) is 6.57.